The molecule has 0 saturated heterocycles. The van der Waals surface area contributed by atoms with Crippen molar-refractivity contribution in [2.24, 2.45) is 40.9 Å². The third-order valence-electron chi connectivity index (χ3n) is 9.76. The molecule has 0 radical (unpaired) electrons. The van der Waals surface area contributed by atoms with Gasteiger partial charge in [-0.1, -0.05) is 13.8 Å². The summed E-state index contributed by atoms with van der Waals surface area (Å²) in [6.45, 7) is 7.97. The van der Waals surface area contributed by atoms with E-state index in [2.05, 4.69) is 6.92 Å². The Kier molecular flexibility index (Phi) is 5.97. The van der Waals surface area contributed by atoms with Crippen LogP contribution in [0.2, 0.25) is 0 Å². The van der Waals surface area contributed by atoms with Crippen LogP contribution < -0.4 is 0 Å². The molecular weight excluding hydrogens is 348 g/mol. The summed E-state index contributed by atoms with van der Waals surface area (Å²) in [4.78, 5) is 12.6. The van der Waals surface area contributed by atoms with Gasteiger partial charge in [-0.2, -0.15) is 0 Å². The average Bonchev–Trinajstić information content (AvgIpc) is 3.04. The maximum atomic E-state index is 12.6. The topological polar surface area (TPSA) is 46.5 Å². The monoisotopic (exact) mass is 390 g/mol. The van der Waals surface area contributed by atoms with Gasteiger partial charge in [0.15, 0.2) is 0 Å². The van der Waals surface area contributed by atoms with E-state index in [1.54, 1.807) is 0 Å². The lowest BCUT2D eigenvalue weighted by Gasteiger charge is -2.57. The van der Waals surface area contributed by atoms with Crippen molar-refractivity contribution < 1.29 is 14.6 Å². The fourth-order valence-corrected chi connectivity index (χ4v) is 8.37. The van der Waals surface area contributed by atoms with E-state index in [9.17, 15) is 9.90 Å². The molecular formula is C25H42O3. The molecule has 4 rings (SSSR count). The number of ether oxygens (including phenoxy) is 1. The van der Waals surface area contributed by atoms with Gasteiger partial charge in [-0.3, -0.25) is 4.79 Å². The Labute approximate surface area is 172 Å². The van der Waals surface area contributed by atoms with Crippen LogP contribution in [0.3, 0.4) is 0 Å². The molecule has 3 nitrogen and oxygen atoms in total. The average molecular weight is 391 g/mol. The summed E-state index contributed by atoms with van der Waals surface area (Å²) >= 11 is 0. The van der Waals surface area contributed by atoms with Gasteiger partial charge in [0.05, 0.1) is 5.60 Å². The molecule has 4 saturated carbocycles. The van der Waals surface area contributed by atoms with Crippen LogP contribution in [-0.2, 0) is 9.53 Å². The minimum Gasteiger partial charge on any atom is -0.390 e. The molecule has 160 valence electrons. The van der Waals surface area contributed by atoms with Crippen molar-refractivity contribution in [3.8, 4) is 0 Å². The Morgan fingerprint density at radius 3 is 2.54 bits per heavy atom. The lowest BCUT2D eigenvalue weighted by Crippen LogP contribution is -2.51. The zero-order valence-electron chi connectivity index (χ0n) is 18.4. The molecule has 3 heteroatoms. The molecule has 4 aliphatic carbocycles. The first kappa shape index (κ1) is 20.8. The smallest absolute Gasteiger partial charge is 0.136 e. The SMILES string of the molecule is CCOCC[C@@]1(O)CC[C@H]2[C@H](CC[C@@H]3[C@@H]2CC[C@]2(C)[C@@H](C(=O)CC)CC[C@@H]32)C1. The maximum absolute atomic E-state index is 12.6. The standard InChI is InChI=1S/C25H42O3/c1-4-23(26)22-9-8-21-20-7-6-17-16-25(27,14-15-28-5-2)13-11-18(17)19(20)10-12-24(21,22)3/h17-22,27H,4-16H2,1-3H3/t17-,18+,19-,20-,21+,22-,24+,25+/m1/s1. The highest BCUT2D eigenvalue weighted by molar-refractivity contribution is 5.81. The van der Waals surface area contributed by atoms with Crippen molar-refractivity contribution in [2.75, 3.05) is 13.2 Å². The molecule has 0 unspecified atom stereocenters. The van der Waals surface area contributed by atoms with Crippen LogP contribution in [0.25, 0.3) is 0 Å². The van der Waals surface area contributed by atoms with Crippen LogP contribution >= 0.6 is 0 Å². The number of hydrogen-bond donors (Lipinski definition) is 1. The van der Waals surface area contributed by atoms with Crippen LogP contribution in [0.4, 0.5) is 0 Å². The van der Waals surface area contributed by atoms with Gasteiger partial charge in [0.1, 0.15) is 5.78 Å². The second-order valence-electron chi connectivity index (χ2n) is 10.8. The molecule has 4 aliphatic rings. The molecule has 1 N–H and O–H groups in total. The second-order valence-corrected chi connectivity index (χ2v) is 10.8. The van der Waals surface area contributed by atoms with E-state index in [4.69, 9.17) is 4.74 Å². The predicted octanol–water partition coefficient (Wildman–Crippen LogP) is 5.39. The normalized spacial score (nSPS) is 47.9. The minimum atomic E-state index is -0.488. The summed E-state index contributed by atoms with van der Waals surface area (Å²) in [5, 5.41) is 11.1. The van der Waals surface area contributed by atoms with Crippen molar-refractivity contribution in [1.29, 1.82) is 0 Å². The van der Waals surface area contributed by atoms with Gasteiger partial charge in [-0.05, 0) is 106 Å². The summed E-state index contributed by atoms with van der Waals surface area (Å²) in [7, 11) is 0. The van der Waals surface area contributed by atoms with Gasteiger partial charge in [0.2, 0.25) is 0 Å². The fraction of sp³-hybridized carbons (Fsp3) is 0.960. The van der Waals surface area contributed by atoms with Crippen molar-refractivity contribution in [2.45, 2.75) is 97.0 Å². The highest BCUT2D eigenvalue weighted by Crippen LogP contribution is 2.64. The van der Waals surface area contributed by atoms with Gasteiger partial charge in [-0.15, -0.1) is 0 Å². The highest BCUT2D eigenvalue weighted by atomic mass is 16.5. The number of hydrogen-bond acceptors (Lipinski definition) is 3. The van der Waals surface area contributed by atoms with E-state index < -0.39 is 5.60 Å². The van der Waals surface area contributed by atoms with Crippen LogP contribution in [0, 0.1) is 40.9 Å². The van der Waals surface area contributed by atoms with Gasteiger partial charge in [-0.25, -0.2) is 0 Å². The number of rotatable bonds is 6. The molecule has 0 amide bonds. The first-order valence-corrected chi connectivity index (χ1v) is 12.2. The van der Waals surface area contributed by atoms with Gasteiger partial charge < -0.3 is 9.84 Å². The highest BCUT2D eigenvalue weighted by Gasteiger charge is 2.58. The summed E-state index contributed by atoms with van der Waals surface area (Å²) in [6.07, 6.45) is 12.3. The Bertz CT molecular complexity index is 574. The second kappa shape index (κ2) is 8.02. The van der Waals surface area contributed by atoms with Crippen LogP contribution in [0.15, 0.2) is 0 Å². The number of fused-ring (bicyclic) bond motifs is 5. The largest absolute Gasteiger partial charge is 0.390 e. The van der Waals surface area contributed by atoms with E-state index >= 15 is 0 Å². The summed E-state index contributed by atoms with van der Waals surface area (Å²) in [6, 6.07) is 0. The van der Waals surface area contributed by atoms with Crippen molar-refractivity contribution in [3.05, 3.63) is 0 Å². The molecule has 0 aromatic carbocycles. The molecule has 4 fully saturated rings. The zero-order valence-corrected chi connectivity index (χ0v) is 18.4. The third kappa shape index (κ3) is 3.49. The van der Waals surface area contributed by atoms with E-state index in [1.165, 1.54) is 38.5 Å². The lowest BCUT2D eigenvalue weighted by molar-refractivity contribution is -0.133. The van der Waals surface area contributed by atoms with E-state index in [-0.39, 0.29) is 5.41 Å². The Balaban J connectivity index is 1.43. The van der Waals surface area contributed by atoms with Gasteiger partial charge in [0, 0.05) is 25.6 Å². The minimum absolute atomic E-state index is 0.272. The predicted molar refractivity (Wildman–Crippen MR) is 112 cm³/mol. The van der Waals surface area contributed by atoms with E-state index in [0.717, 1.165) is 56.0 Å². The quantitative estimate of drug-likeness (QED) is 0.618. The Morgan fingerprint density at radius 2 is 1.79 bits per heavy atom. The first-order chi connectivity index (χ1) is 13.4. The molecule has 0 aromatic heterocycles. The zero-order chi connectivity index (χ0) is 19.9. The maximum Gasteiger partial charge on any atom is 0.136 e. The number of carbonyl (C=O) groups excluding carboxylic acids is 1. The number of aliphatic hydroxyl groups is 1. The third-order valence-corrected chi connectivity index (χ3v) is 9.76. The summed E-state index contributed by atoms with van der Waals surface area (Å²) < 4.78 is 5.53. The van der Waals surface area contributed by atoms with Crippen molar-refractivity contribution in [3.63, 3.8) is 0 Å². The molecule has 8 atom stereocenters. The molecule has 0 spiro atoms. The van der Waals surface area contributed by atoms with Crippen molar-refractivity contribution in [1.82, 2.24) is 0 Å². The van der Waals surface area contributed by atoms with E-state index in [1.807, 2.05) is 13.8 Å². The van der Waals surface area contributed by atoms with E-state index in [0.29, 0.717) is 30.6 Å². The molecule has 0 aliphatic heterocycles. The summed E-state index contributed by atoms with van der Waals surface area (Å²) in [5.41, 5.74) is -0.216. The summed E-state index contributed by atoms with van der Waals surface area (Å²) in [5.74, 6) is 4.84. The van der Waals surface area contributed by atoms with Crippen molar-refractivity contribution >= 4 is 5.78 Å². The van der Waals surface area contributed by atoms with Crippen LogP contribution in [-0.4, -0.2) is 29.7 Å². The van der Waals surface area contributed by atoms with Crippen LogP contribution in [0.5, 0.6) is 0 Å². The lowest BCUT2D eigenvalue weighted by atomic mass is 9.48. The Hall–Kier alpha value is -0.410. The Morgan fingerprint density at radius 1 is 1.00 bits per heavy atom. The van der Waals surface area contributed by atoms with Crippen LogP contribution in [0.1, 0.15) is 91.4 Å². The molecule has 28 heavy (non-hydrogen) atoms. The van der Waals surface area contributed by atoms with Gasteiger partial charge in [0.25, 0.3) is 0 Å². The molecule has 0 heterocycles. The first-order valence-electron chi connectivity index (χ1n) is 12.2. The molecule has 0 bridgehead atoms. The molecule has 0 aromatic rings. The fourth-order valence-electron chi connectivity index (χ4n) is 8.37. The number of ketones is 1. The van der Waals surface area contributed by atoms with Gasteiger partial charge >= 0.3 is 0 Å². The number of carbonyl (C=O) groups is 1. The number of Topliss-reactive ketones (excluding diaryl/α,β-unsaturated/α-hetero) is 1.